The number of benzene rings is 1. The zero-order valence-corrected chi connectivity index (χ0v) is 24.5. The van der Waals surface area contributed by atoms with Crippen LogP contribution in [-0.4, -0.2) is 70.1 Å². The lowest BCUT2D eigenvalue weighted by Gasteiger charge is -2.46. The Morgan fingerprint density at radius 1 is 1.10 bits per heavy atom. The van der Waals surface area contributed by atoms with E-state index in [1.807, 2.05) is 0 Å². The maximum Gasteiger partial charge on any atom is 0.167 e. The molecular formula is C30H42N8O3. The molecule has 220 valence electrons. The molecule has 11 heteroatoms. The molecule has 4 aromatic rings. The van der Waals surface area contributed by atoms with Crippen molar-refractivity contribution in [2.45, 2.75) is 95.8 Å². The average molecular weight is 563 g/mol. The minimum absolute atomic E-state index is 0.109. The van der Waals surface area contributed by atoms with E-state index in [1.54, 1.807) is 4.57 Å². The summed E-state index contributed by atoms with van der Waals surface area (Å²) in [5.74, 6) is 2.51. The number of aromatic amines is 1. The Kier molecular flexibility index (Phi) is 7.04. The van der Waals surface area contributed by atoms with Crippen molar-refractivity contribution < 1.29 is 14.9 Å². The van der Waals surface area contributed by atoms with Gasteiger partial charge in [-0.3, -0.25) is 4.57 Å². The molecule has 1 aliphatic heterocycles. The van der Waals surface area contributed by atoms with Crippen LogP contribution in [0.5, 0.6) is 0 Å². The molecule has 0 radical (unpaired) electrons. The first-order valence-electron chi connectivity index (χ1n) is 14.6. The van der Waals surface area contributed by atoms with Gasteiger partial charge in [-0.25, -0.2) is 19.9 Å². The number of H-pyrrole nitrogens is 1. The van der Waals surface area contributed by atoms with Crippen molar-refractivity contribution in [2.75, 3.05) is 12.3 Å². The molecule has 41 heavy (non-hydrogen) atoms. The van der Waals surface area contributed by atoms with Crippen LogP contribution in [0.4, 0.5) is 5.82 Å². The molecule has 3 aromatic heterocycles. The molecule has 2 fully saturated rings. The first-order chi connectivity index (χ1) is 19.4. The van der Waals surface area contributed by atoms with Gasteiger partial charge in [0.05, 0.1) is 17.4 Å². The Morgan fingerprint density at radius 3 is 2.63 bits per heavy atom. The number of aliphatic hydroxyl groups is 2. The van der Waals surface area contributed by atoms with E-state index < -0.39 is 24.5 Å². The number of fused-ring (bicyclic) bond motifs is 2. The van der Waals surface area contributed by atoms with Crippen LogP contribution in [-0.2, 0) is 16.6 Å². The standard InChI is InChI=1S/C30H42N8O3/c1-29(2,3)17-7-8-19-20(12-17)37-22(36-19)9-6-16-10-18(11-16)30(4,5)35-13-21-24(39)25(40)28(41-21)38-15-34-23-26(31)32-14-33-27(23)38/h7-8,12,14-16,18,21,24-25,28,35,39-40H,6,9-11,13H2,1-5H3,(H,36,37)(H2,31,32,33)/t16-,18-,21-,24-,25-,28-/m1/s1. The van der Waals surface area contributed by atoms with Gasteiger partial charge in [0.1, 0.15) is 36.0 Å². The van der Waals surface area contributed by atoms with Crippen LogP contribution in [0.2, 0.25) is 0 Å². The van der Waals surface area contributed by atoms with E-state index in [0.29, 0.717) is 29.5 Å². The summed E-state index contributed by atoms with van der Waals surface area (Å²) < 4.78 is 7.72. The molecule has 0 bridgehead atoms. The van der Waals surface area contributed by atoms with Gasteiger partial charge in [0.25, 0.3) is 0 Å². The lowest BCUT2D eigenvalue weighted by atomic mass is 9.64. The second-order valence-electron chi connectivity index (χ2n) is 13.5. The Morgan fingerprint density at radius 2 is 1.88 bits per heavy atom. The quantitative estimate of drug-likeness (QED) is 0.217. The molecule has 1 saturated carbocycles. The first-order valence-corrected chi connectivity index (χ1v) is 14.6. The van der Waals surface area contributed by atoms with Crippen molar-refractivity contribution in [1.82, 2.24) is 34.8 Å². The maximum atomic E-state index is 10.8. The summed E-state index contributed by atoms with van der Waals surface area (Å²) >= 11 is 0. The van der Waals surface area contributed by atoms with Crippen LogP contribution >= 0.6 is 0 Å². The monoisotopic (exact) mass is 562 g/mol. The van der Waals surface area contributed by atoms with Crippen molar-refractivity contribution in [3.05, 3.63) is 42.2 Å². The summed E-state index contributed by atoms with van der Waals surface area (Å²) in [6.45, 7) is 11.5. The van der Waals surface area contributed by atoms with Crippen LogP contribution in [0.3, 0.4) is 0 Å². The third-order valence-corrected chi connectivity index (χ3v) is 9.20. The highest BCUT2D eigenvalue weighted by atomic mass is 16.6. The van der Waals surface area contributed by atoms with Crippen molar-refractivity contribution in [1.29, 1.82) is 0 Å². The third kappa shape index (κ3) is 5.31. The minimum atomic E-state index is -1.12. The van der Waals surface area contributed by atoms with Gasteiger partial charge in [-0.05, 0) is 68.1 Å². The topological polar surface area (TPSA) is 160 Å². The summed E-state index contributed by atoms with van der Waals surface area (Å²) in [4.78, 5) is 20.8. The molecule has 0 amide bonds. The third-order valence-electron chi connectivity index (χ3n) is 9.20. The molecule has 1 saturated heterocycles. The van der Waals surface area contributed by atoms with Gasteiger partial charge in [0.15, 0.2) is 17.7 Å². The van der Waals surface area contributed by atoms with Gasteiger partial charge in [0.2, 0.25) is 0 Å². The van der Waals surface area contributed by atoms with E-state index in [0.717, 1.165) is 42.5 Å². The number of imidazole rings is 2. The lowest BCUT2D eigenvalue weighted by Crippen LogP contribution is -2.54. The number of aromatic nitrogens is 6. The molecule has 4 atom stereocenters. The lowest BCUT2D eigenvalue weighted by molar-refractivity contribution is -0.0378. The number of rotatable bonds is 8. The number of anilines is 1. The molecular weight excluding hydrogens is 520 g/mol. The molecule has 4 heterocycles. The fourth-order valence-electron chi connectivity index (χ4n) is 6.24. The number of nitrogens with two attached hydrogens (primary N) is 1. The number of ether oxygens (including phenoxy) is 1. The highest BCUT2D eigenvalue weighted by molar-refractivity contribution is 5.81. The molecule has 0 unspecified atom stereocenters. The first kappa shape index (κ1) is 28.0. The van der Waals surface area contributed by atoms with Crippen LogP contribution in [0.1, 0.15) is 71.5 Å². The SMILES string of the molecule is CC(C)(C)c1ccc2[nH]c(CC[C@H]3C[C@H](C(C)(C)NC[C@H]4O[C@@H](n5cnc6c(N)ncnc65)[C@H](O)[C@@H]4O)C3)nc2c1. The maximum absolute atomic E-state index is 10.8. The zero-order chi connectivity index (χ0) is 29.1. The molecule has 1 aromatic carbocycles. The zero-order valence-electron chi connectivity index (χ0n) is 24.5. The largest absolute Gasteiger partial charge is 0.387 e. The van der Waals surface area contributed by atoms with E-state index >= 15 is 0 Å². The Hall–Kier alpha value is -3.12. The molecule has 1 aliphatic carbocycles. The van der Waals surface area contributed by atoms with Crippen LogP contribution in [0, 0.1) is 11.8 Å². The van der Waals surface area contributed by atoms with Gasteiger partial charge < -0.3 is 31.0 Å². The normalized spacial score (nSPS) is 27.1. The fraction of sp³-hybridized carbons (Fsp3) is 0.600. The Bertz CT molecular complexity index is 1530. The number of nitrogen functional groups attached to an aromatic ring is 1. The molecule has 11 nitrogen and oxygen atoms in total. The molecule has 6 N–H and O–H groups in total. The minimum Gasteiger partial charge on any atom is -0.387 e. The number of aliphatic hydroxyl groups excluding tert-OH is 2. The Labute approximate surface area is 240 Å². The molecule has 0 spiro atoms. The molecule has 2 aliphatic rings. The van der Waals surface area contributed by atoms with Gasteiger partial charge in [-0.2, -0.15) is 0 Å². The van der Waals surface area contributed by atoms with Gasteiger partial charge in [0, 0.05) is 18.5 Å². The predicted molar refractivity (Wildman–Crippen MR) is 157 cm³/mol. The second kappa shape index (κ2) is 10.3. The van der Waals surface area contributed by atoms with E-state index in [9.17, 15) is 10.2 Å². The number of hydrogen-bond acceptors (Lipinski definition) is 9. The van der Waals surface area contributed by atoms with E-state index in [-0.39, 0.29) is 16.8 Å². The number of nitrogens with zero attached hydrogens (tertiary/aromatic N) is 5. The molecule has 6 rings (SSSR count). The van der Waals surface area contributed by atoms with Gasteiger partial charge >= 0.3 is 0 Å². The van der Waals surface area contributed by atoms with Crippen LogP contribution < -0.4 is 11.1 Å². The van der Waals surface area contributed by atoms with Crippen LogP contribution in [0.15, 0.2) is 30.9 Å². The summed E-state index contributed by atoms with van der Waals surface area (Å²) in [7, 11) is 0. The second-order valence-corrected chi connectivity index (χ2v) is 13.5. The van der Waals surface area contributed by atoms with Gasteiger partial charge in [-0.1, -0.05) is 26.8 Å². The summed E-state index contributed by atoms with van der Waals surface area (Å²) in [6.07, 6.45) is 3.67. The van der Waals surface area contributed by atoms with E-state index in [2.05, 4.69) is 78.1 Å². The van der Waals surface area contributed by atoms with E-state index in [1.165, 1.54) is 18.2 Å². The van der Waals surface area contributed by atoms with Crippen molar-refractivity contribution in [3.8, 4) is 0 Å². The number of aryl methyl sites for hydroxylation is 1. The average Bonchev–Trinajstić information content (AvgIpc) is 3.57. The van der Waals surface area contributed by atoms with Crippen molar-refractivity contribution in [2.24, 2.45) is 11.8 Å². The van der Waals surface area contributed by atoms with Crippen molar-refractivity contribution >= 4 is 28.0 Å². The Balaban J connectivity index is 1.00. The number of hydrogen-bond donors (Lipinski definition) is 5. The van der Waals surface area contributed by atoms with Gasteiger partial charge in [-0.15, -0.1) is 0 Å². The highest BCUT2D eigenvalue weighted by Gasteiger charge is 2.46. The number of nitrogens with one attached hydrogen (secondary N) is 2. The van der Waals surface area contributed by atoms with Crippen LogP contribution in [0.25, 0.3) is 22.2 Å². The van der Waals surface area contributed by atoms with Crippen molar-refractivity contribution in [3.63, 3.8) is 0 Å². The van der Waals surface area contributed by atoms with E-state index in [4.69, 9.17) is 15.5 Å². The summed E-state index contributed by atoms with van der Waals surface area (Å²) in [5.41, 5.74) is 10.2. The highest BCUT2D eigenvalue weighted by Crippen LogP contribution is 2.43. The fourth-order valence-corrected chi connectivity index (χ4v) is 6.24. The predicted octanol–water partition coefficient (Wildman–Crippen LogP) is 3.23. The smallest absolute Gasteiger partial charge is 0.167 e. The summed E-state index contributed by atoms with van der Waals surface area (Å²) in [5, 5.41) is 25.2. The summed E-state index contributed by atoms with van der Waals surface area (Å²) in [6, 6.07) is 6.54.